The number of aryl methyl sites for hydroxylation is 1. The number of aromatic hydroxyl groups is 1. The molecular weight excluding hydrogens is 202 g/mol. The van der Waals surface area contributed by atoms with Crippen LogP contribution >= 0.6 is 0 Å². The Morgan fingerprint density at radius 1 is 1.33 bits per heavy atom. The molecule has 0 saturated heterocycles. The summed E-state index contributed by atoms with van der Waals surface area (Å²) in [5.74, 6) is -2.85. The van der Waals surface area contributed by atoms with Gasteiger partial charge in [0.25, 0.3) is 0 Å². The fraction of sp³-hybridized carbons (Fsp3) is 0.455. The Morgan fingerprint density at radius 2 is 2.00 bits per heavy atom. The lowest BCUT2D eigenvalue weighted by atomic mass is 10.2. The monoisotopic (exact) mass is 216 g/mol. The predicted molar refractivity (Wildman–Crippen MR) is 53.2 cm³/mol. The third-order valence-corrected chi connectivity index (χ3v) is 2.07. The van der Waals surface area contributed by atoms with Gasteiger partial charge in [-0.2, -0.15) is 4.39 Å². The van der Waals surface area contributed by atoms with Crippen LogP contribution < -0.4 is 4.74 Å². The van der Waals surface area contributed by atoms with Crippen molar-refractivity contribution in [2.75, 3.05) is 6.61 Å². The summed E-state index contributed by atoms with van der Waals surface area (Å²) in [7, 11) is 0. The molecular formula is C11H14F2O2. The molecule has 0 heterocycles. The maximum Gasteiger partial charge on any atom is 0.209 e. The van der Waals surface area contributed by atoms with E-state index >= 15 is 0 Å². The van der Waals surface area contributed by atoms with E-state index in [-0.39, 0.29) is 12.2 Å². The molecule has 0 amide bonds. The van der Waals surface area contributed by atoms with Crippen LogP contribution in [0.3, 0.4) is 0 Å². The first-order valence-corrected chi connectivity index (χ1v) is 4.88. The lowest BCUT2D eigenvalue weighted by Gasteiger charge is -2.10. The average Bonchev–Trinajstić information content (AvgIpc) is 2.20. The number of unbranched alkanes of at least 4 members (excludes halogenated alkanes) is 1. The molecule has 0 bridgehead atoms. The normalized spacial score (nSPS) is 10.4. The van der Waals surface area contributed by atoms with E-state index in [0.29, 0.717) is 6.42 Å². The van der Waals surface area contributed by atoms with Gasteiger partial charge in [-0.1, -0.05) is 13.3 Å². The number of hydrogen-bond acceptors (Lipinski definition) is 2. The Labute approximate surface area is 87.5 Å². The first kappa shape index (κ1) is 11.8. The molecule has 1 aromatic carbocycles. The second-order valence-electron chi connectivity index (χ2n) is 3.37. The molecule has 1 rings (SSSR count). The molecule has 0 spiro atoms. The lowest BCUT2D eigenvalue weighted by Crippen LogP contribution is -2.02. The molecule has 84 valence electrons. The van der Waals surface area contributed by atoms with Gasteiger partial charge in [0.2, 0.25) is 5.82 Å². The maximum absolute atomic E-state index is 13.4. The van der Waals surface area contributed by atoms with Gasteiger partial charge < -0.3 is 9.84 Å². The summed E-state index contributed by atoms with van der Waals surface area (Å²) in [6, 6.07) is 1.04. The number of halogens is 2. The van der Waals surface area contributed by atoms with Crippen molar-refractivity contribution in [3.8, 4) is 11.5 Å². The molecule has 1 N–H and O–H groups in total. The Hall–Kier alpha value is -1.32. The summed E-state index contributed by atoms with van der Waals surface area (Å²) < 4.78 is 31.6. The zero-order valence-corrected chi connectivity index (χ0v) is 8.81. The van der Waals surface area contributed by atoms with Crippen LogP contribution in [0.25, 0.3) is 0 Å². The van der Waals surface area contributed by atoms with Crippen LogP contribution in [0.5, 0.6) is 11.5 Å². The Morgan fingerprint density at radius 3 is 2.60 bits per heavy atom. The van der Waals surface area contributed by atoms with Crippen LogP contribution in [0.4, 0.5) is 8.78 Å². The standard InChI is InChI=1S/C11H14F2O2/c1-3-4-5-15-11-9(12)7(2)6-8(14)10(11)13/h6,14H,3-5H2,1-2H3. The highest BCUT2D eigenvalue weighted by Gasteiger charge is 2.17. The Bertz CT molecular complexity index is 325. The predicted octanol–water partition coefficient (Wildman–Crippen LogP) is 3.16. The molecule has 0 aromatic heterocycles. The zero-order valence-electron chi connectivity index (χ0n) is 8.81. The van der Waals surface area contributed by atoms with Crippen molar-refractivity contribution in [2.45, 2.75) is 26.7 Å². The van der Waals surface area contributed by atoms with Gasteiger partial charge in [-0.25, -0.2) is 4.39 Å². The topological polar surface area (TPSA) is 29.5 Å². The molecule has 0 fully saturated rings. The molecule has 2 nitrogen and oxygen atoms in total. The largest absolute Gasteiger partial charge is 0.505 e. The number of phenols is 1. The summed E-state index contributed by atoms with van der Waals surface area (Å²) in [5.41, 5.74) is 0.167. The van der Waals surface area contributed by atoms with E-state index in [1.165, 1.54) is 6.92 Å². The summed E-state index contributed by atoms with van der Waals surface area (Å²) >= 11 is 0. The summed E-state index contributed by atoms with van der Waals surface area (Å²) in [5, 5.41) is 9.14. The van der Waals surface area contributed by atoms with Crippen molar-refractivity contribution in [3.63, 3.8) is 0 Å². The molecule has 1 aromatic rings. The average molecular weight is 216 g/mol. The van der Waals surface area contributed by atoms with Crippen molar-refractivity contribution in [3.05, 3.63) is 23.3 Å². The highest BCUT2D eigenvalue weighted by Crippen LogP contribution is 2.31. The van der Waals surface area contributed by atoms with Crippen LogP contribution in [0.2, 0.25) is 0 Å². The second-order valence-corrected chi connectivity index (χ2v) is 3.37. The van der Waals surface area contributed by atoms with Crippen LogP contribution in [0, 0.1) is 18.6 Å². The van der Waals surface area contributed by atoms with Crippen molar-refractivity contribution in [1.82, 2.24) is 0 Å². The minimum Gasteiger partial charge on any atom is -0.505 e. The highest BCUT2D eigenvalue weighted by atomic mass is 19.1. The van der Waals surface area contributed by atoms with Gasteiger partial charge in [-0.15, -0.1) is 0 Å². The van der Waals surface area contributed by atoms with Crippen molar-refractivity contribution in [2.24, 2.45) is 0 Å². The van der Waals surface area contributed by atoms with E-state index in [2.05, 4.69) is 0 Å². The van der Waals surface area contributed by atoms with E-state index in [0.717, 1.165) is 12.5 Å². The molecule has 0 aliphatic carbocycles. The first-order valence-electron chi connectivity index (χ1n) is 4.88. The van der Waals surface area contributed by atoms with Crippen molar-refractivity contribution in [1.29, 1.82) is 0 Å². The van der Waals surface area contributed by atoms with Gasteiger partial charge in [0, 0.05) is 0 Å². The number of phenolic OH excluding ortho intramolecular Hbond substituents is 1. The van der Waals surface area contributed by atoms with Crippen LogP contribution in [0.15, 0.2) is 6.07 Å². The van der Waals surface area contributed by atoms with Gasteiger partial charge in [0.15, 0.2) is 17.3 Å². The SMILES string of the molecule is CCCCOc1c(F)c(C)cc(O)c1F. The molecule has 0 unspecified atom stereocenters. The third kappa shape index (κ3) is 2.58. The van der Waals surface area contributed by atoms with E-state index in [1.54, 1.807) is 0 Å². The zero-order chi connectivity index (χ0) is 11.4. The molecule has 0 radical (unpaired) electrons. The number of rotatable bonds is 4. The maximum atomic E-state index is 13.4. The molecule has 15 heavy (non-hydrogen) atoms. The van der Waals surface area contributed by atoms with Gasteiger partial charge in [0.05, 0.1) is 6.61 Å². The minimum atomic E-state index is -1.03. The van der Waals surface area contributed by atoms with Gasteiger partial charge >= 0.3 is 0 Å². The molecule has 0 aliphatic rings. The number of hydrogen-bond donors (Lipinski definition) is 1. The number of ether oxygens (including phenoxy) is 1. The van der Waals surface area contributed by atoms with Gasteiger partial charge in [-0.3, -0.25) is 0 Å². The van der Waals surface area contributed by atoms with E-state index < -0.39 is 23.1 Å². The summed E-state index contributed by atoms with van der Waals surface area (Å²) in [6.45, 7) is 3.64. The molecule has 4 heteroatoms. The summed E-state index contributed by atoms with van der Waals surface area (Å²) in [6.07, 6.45) is 1.59. The number of benzene rings is 1. The van der Waals surface area contributed by atoms with E-state index in [4.69, 9.17) is 9.84 Å². The molecule has 0 atom stereocenters. The molecule has 0 aliphatic heterocycles. The van der Waals surface area contributed by atoms with Crippen LogP contribution in [0.1, 0.15) is 25.3 Å². The lowest BCUT2D eigenvalue weighted by molar-refractivity contribution is 0.272. The highest BCUT2D eigenvalue weighted by molar-refractivity contribution is 5.40. The van der Waals surface area contributed by atoms with Gasteiger partial charge in [0.1, 0.15) is 0 Å². The van der Waals surface area contributed by atoms with Crippen LogP contribution in [-0.2, 0) is 0 Å². The third-order valence-electron chi connectivity index (χ3n) is 2.07. The summed E-state index contributed by atoms with van der Waals surface area (Å²) in [4.78, 5) is 0. The first-order chi connectivity index (χ1) is 7.07. The van der Waals surface area contributed by atoms with Crippen molar-refractivity contribution >= 4 is 0 Å². The minimum absolute atomic E-state index is 0.167. The van der Waals surface area contributed by atoms with E-state index in [1.807, 2.05) is 6.92 Å². The fourth-order valence-electron chi connectivity index (χ4n) is 1.17. The van der Waals surface area contributed by atoms with E-state index in [9.17, 15) is 8.78 Å². The fourth-order valence-corrected chi connectivity index (χ4v) is 1.17. The smallest absolute Gasteiger partial charge is 0.209 e. The van der Waals surface area contributed by atoms with Gasteiger partial charge in [-0.05, 0) is 25.0 Å². The Kier molecular flexibility index (Phi) is 3.88. The quantitative estimate of drug-likeness (QED) is 0.783. The molecule has 0 saturated carbocycles. The second kappa shape index (κ2) is 4.96. The van der Waals surface area contributed by atoms with Crippen molar-refractivity contribution < 1.29 is 18.6 Å². The Balaban J connectivity index is 2.94. The van der Waals surface area contributed by atoms with Crippen LogP contribution in [-0.4, -0.2) is 11.7 Å².